The van der Waals surface area contributed by atoms with Crippen LogP contribution < -0.4 is 5.32 Å². The van der Waals surface area contributed by atoms with E-state index in [4.69, 9.17) is 9.84 Å². The second kappa shape index (κ2) is 8.63. The molecule has 0 aliphatic carbocycles. The summed E-state index contributed by atoms with van der Waals surface area (Å²) in [4.78, 5) is 16.5. The highest BCUT2D eigenvalue weighted by Gasteiger charge is 2.15. The van der Waals surface area contributed by atoms with Gasteiger partial charge in [-0.05, 0) is 43.2 Å². The fourth-order valence-electron chi connectivity index (χ4n) is 3.21. The van der Waals surface area contributed by atoms with Gasteiger partial charge in [-0.15, -0.1) is 0 Å². The molecule has 0 atom stereocenters. The number of carbonyl (C=O) groups is 1. The average molecular weight is 374 g/mol. The number of para-hydroxylation sites is 1. The smallest absolute Gasteiger partial charge is 0.244 e. The fraction of sp³-hybridized carbons (Fsp3) is 0.227. The Morgan fingerprint density at radius 2 is 1.96 bits per heavy atom. The number of nitrogens with zero attached hydrogens (tertiary/aromatic N) is 3. The number of aromatic nitrogens is 3. The van der Waals surface area contributed by atoms with Gasteiger partial charge < -0.3 is 10.1 Å². The van der Waals surface area contributed by atoms with Crippen molar-refractivity contribution in [1.82, 2.24) is 20.1 Å². The van der Waals surface area contributed by atoms with Gasteiger partial charge in [-0.3, -0.25) is 9.78 Å². The zero-order valence-corrected chi connectivity index (χ0v) is 15.5. The summed E-state index contributed by atoms with van der Waals surface area (Å²) in [6.07, 6.45) is 10.5. The number of amides is 1. The number of carbonyl (C=O) groups excluding carboxylic acids is 1. The van der Waals surface area contributed by atoms with Crippen LogP contribution in [-0.2, 0) is 9.53 Å². The number of rotatable bonds is 5. The van der Waals surface area contributed by atoms with Crippen molar-refractivity contribution in [2.75, 3.05) is 13.2 Å². The van der Waals surface area contributed by atoms with E-state index < -0.39 is 0 Å². The Kier molecular flexibility index (Phi) is 5.58. The van der Waals surface area contributed by atoms with Crippen molar-refractivity contribution in [2.45, 2.75) is 18.9 Å². The van der Waals surface area contributed by atoms with Crippen LogP contribution in [0.5, 0.6) is 0 Å². The van der Waals surface area contributed by atoms with Crippen molar-refractivity contribution in [1.29, 1.82) is 0 Å². The molecule has 1 aliphatic heterocycles. The second-order valence-corrected chi connectivity index (χ2v) is 6.68. The molecule has 1 amide bonds. The molecule has 0 saturated carbocycles. The van der Waals surface area contributed by atoms with Gasteiger partial charge in [0.2, 0.25) is 5.91 Å². The summed E-state index contributed by atoms with van der Waals surface area (Å²) in [7, 11) is 0. The molecule has 0 unspecified atom stereocenters. The quantitative estimate of drug-likeness (QED) is 0.696. The zero-order valence-electron chi connectivity index (χ0n) is 15.5. The van der Waals surface area contributed by atoms with E-state index in [1.165, 1.54) is 0 Å². The average Bonchev–Trinajstić information content (AvgIpc) is 3.19. The Balaban J connectivity index is 1.59. The van der Waals surface area contributed by atoms with Crippen LogP contribution in [0.4, 0.5) is 0 Å². The molecule has 1 aliphatic rings. The van der Waals surface area contributed by atoms with E-state index in [9.17, 15) is 4.79 Å². The molecule has 0 radical (unpaired) electrons. The summed E-state index contributed by atoms with van der Waals surface area (Å²) in [5, 5.41) is 7.76. The van der Waals surface area contributed by atoms with Gasteiger partial charge in [0.15, 0.2) is 0 Å². The molecular weight excluding hydrogens is 352 g/mol. The van der Waals surface area contributed by atoms with Crippen molar-refractivity contribution in [3.63, 3.8) is 0 Å². The van der Waals surface area contributed by atoms with Gasteiger partial charge in [0.05, 0.1) is 5.69 Å². The molecule has 142 valence electrons. The van der Waals surface area contributed by atoms with Gasteiger partial charge in [-0.1, -0.05) is 18.2 Å². The van der Waals surface area contributed by atoms with Crippen LogP contribution in [0.1, 0.15) is 18.4 Å². The summed E-state index contributed by atoms with van der Waals surface area (Å²) in [5.41, 5.74) is 3.51. The molecule has 3 aromatic rings. The first-order chi connectivity index (χ1) is 13.8. The van der Waals surface area contributed by atoms with Crippen molar-refractivity contribution < 1.29 is 9.53 Å². The Hall–Kier alpha value is -3.25. The van der Waals surface area contributed by atoms with E-state index in [1.54, 1.807) is 18.5 Å². The molecule has 6 nitrogen and oxygen atoms in total. The lowest BCUT2D eigenvalue weighted by atomic mass is 10.1. The van der Waals surface area contributed by atoms with E-state index in [0.29, 0.717) is 13.2 Å². The molecule has 2 aromatic heterocycles. The number of benzene rings is 1. The largest absolute Gasteiger partial charge is 0.381 e. The van der Waals surface area contributed by atoms with Crippen LogP contribution in [0.2, 0.25) is 0 Å². The molecule has 1 aromatic carbocycles. The van der Waals surface area contributed by atoms with Gasteiger partial charge >= 0.3 is 0 Å². The Bertz CT molecular complexity index is 945. The highest BCUT2D eigenvalue weighted by Crippen LogP contribution is 2.24. The normalized spacial score (nSPS) is 15.0. The molecule has 1 saturated heterocycles. The third-order valence-corrected chi connectivity index (χ3v) is 4.68. The minimum atomic E-state index is -0.100. The first-order valence-electron chi connectivity index (χ1n) is 9.41. The predicted octanol–water partition coefficient (Wildman–Crippen LogP) is 3.24. The van der Waals surface area contributed by atoms with Crippen LogP contribution in [0.15, 0.2) is 67.1 Å². The van der Waals surface area contributed by atoms with Crippen molar-refractivity contribution in [3.8, 4) is 16.9 Å². The maximum atomic E-state index is 12.3. The maximum absolute atomic E-state index is 12.3. The number of hydrogen-bond donors (Lipinski definition) is 1. The molecule has 1 N–H and O–H groups in total. The molecule has 1 fully saturated rings. The summed E-state index contributed by atoms with van der Waals surface area (Å²) < 4.78 is 7.15. The molecule has 3 heterocycles. The molecule has 0 bridgehead atoms. The van der Waals surface area contributed by atoms with Crippen LogP contribution in [0, 0.1) is 0 Å². The summed E-state index contributed by atoms with van der Waals surface area (Å²) in [6, 6.07) is 13.9. The van der Waals surface area contributed by atoms with Gasteiger partial charge in [0.1, 0.15) is 5.69 Å². The first kappa shape index (κ1) is 18.1. The predicted molar refractivity (Wildman–Crippen MR) is 108 cm³/mol. The third kappa shape index (κ3) is 4.35. The monoisotopic (exact) mass is 374 g/mol. The van der Waals surface area contributed by atoms with Crippen molar-refractivity contribution in [2.24, 2.45) is 0 Å². The van der Waals surface area contributed by atoms with Gasteiger partial charge in [-0.2, -0.15) is 5.10 Å². The number of nitrogens with one attached hydrogen (secondary N) is 1. The summed E-state index contributed by atoms with van der Waals surface area (Å²) >= 11 is 0. The van der Waals surface area contributed by atoms with E-state index in [2.05, 4.69) is 10.3 Å². The topological polar surface area (TPSA) is 69.0 Å². The number of ether oxygens (including phenoxy) is 1. The van der Waals surface area contributed by atoms with Crippen LogP contribution in [0.3, 0.4) is 0 Å². The zero-order chi connectivity index (χ0) is 19.2. The Morgan fingerprint density at radius 1 is 1.14 bits per heavy atom. The van der Waals surface area contributed by atoms with Gasteiger partial charge in [0, 0.05) is 55.0 Å². The van der Waals surface area contributed by atoms with Crippen LogP contribution in [-0.4, -0.2) is 39.9 Å². The number of hydrogen-bond acceptors (Lipinski definition) is 4. The van der Waals surface area contributed by atoms with E-state index in [1.807, 2.05) is 59.4 Å². The lowest BCUT2D eigenvalue weighted by Gasteiger charge is -2.22. The molecule has 6 heteroatoms. The minimum absolute atomic E-state index is 0.100. The molecular formula is C22H22N4O2. The Labute approximate surface area is 163 Å². The van der Waals surface area contributed by atoms with Gasteiger partial charge in [-0.25, -0.2) is 4.68 Å². The van der Waals surface area contributed by atoms with Gasteiger partial charge in [0.25, 0.3) is 0 Å². The second-order valence-electron chi connectivity index (χ2n) is 6.68. The Morgan fingerprint density at radius 3 is 2.71 bits per heavy atom. The molecule has 4 rings (SSSR count). The third-order valence-electron chi connectivity index (χ3n) is 4.68. The number of pyridine rings is 1. The molecule has 28 heavy (non-hydrogen) atoms. The fourth-order valence-corrected chi connectivity index (χ4v) is 3.21. The molecule has 0 spiro atoms. The van der Waals surface area contributed by atoms with Crippen molar-refractivity contribution in [3.05, 3.63) is 72.7 Å². The maximum Gasteiger partial charge on any atom is 0.244 e. The van der Waals surface area contributed by atoms with E-state index >= 15 is 0 Å². The van der Waals surface area contributed by atoms with Crippen LogP contribution in [0.25, 0.3) is 23.0 Å². The lowest BCUT2D eigenvalue weighted by Crippen LogP contribution is -2.37. The van der Waals surface area contributed by atoms with E-state index in [-0.39, 0.29) is 11.9 Å². The lowest BCUT2D eigenvalue weighted by molar-refractivity contribution is -0.117. The minimum Gasteiger partial charge on any atom is -0.381 e. The summed E-state index contributed by atoms with van der Waals surface area (Å²) in [6.45, 7) is 1.40. The highest BCUT2D eigenvalue weighted by atomic mass is 16.5. The SMILES string of the molecule is O=C(C=Cc1cn(-c2ccccc2)nc1-c1cccnc1)NC1CCOCC1. The van der Waals surface area contributed by atoms with E-state index in [0.717, 1.165) is 35.3 Å². The highest BCUT2D eigenvalue weighted by molar-refractivity contribution is 5.93. The first-order valence-corrected chi connectivity index (χ1v) is 9.41. The summed E-state index contributed by atoms with van der Waals surface area (Å²) in [5.74, 6) is -0.100. The standard InChI is InChI=1S/C22H22N4O2/c27-21(24-19-10-13-28-14-11-19)9-8-18-16-26(20-6-2-1-3-7-20)25-22(18)17-5-4-12-23-15-17/h1-9,12,15-16,19H,10-11,13-14H2,(H,24,27). The van der Waals surface area contributed by atoms with Crippen molar-refractivity contribution >= 4 is 12.0 Å². The van der Waals surface area contributed by atoms with Crippen LogP contribution >= 0.6 is 0 Å².